The molecule has 2 nitrogen and oxygen atoms in total. The molecule has 11 aromatic rings. The van der Waals surface area contributed by atoms with Gasteiger partial charge in [0.2, 0.25) is 0 Å². The zero-order chi connectivity index (χ0) is 37.0. The van der Waals surface area contributed by atoms with Crippen molar-refractivity contribution in [2.75, 3.05) is 4.90 Å². The Bertz CT molecular complexity index is 3220. The van der Waals surface area contributed by atoms with E-state index in [9.17, 15) is 0 Å². The topological polar surface area (TPSA) is 16.4 Å². The quantitative estimate of drug-likeness (QED) is 0.171. The fourth-order valence-corrected chi connectivity index (χ4v) is 8.37. The molecule has 0 spiro atoms. The van der Waals surface area contributed by atoms with Crippen LogP contribution in [-0.4, -0.2) is 0 Å². The normalized spacial score (nSPS) is 11.6. The van der Waals surface area contributed by atoms with Gasteiger partial charge in [0.25, 0.3) is 0 Å². The van der Waals surface area contributed by atoms with Gasteiger partial charge in [0.15, 0.2) is 0 Å². The van der Waals surface area contributed by atoms with Crippen molar-refractivity contribution < 1.29 is 4.42 Å². The number of benzene rings is 10. The van der Waals surface area contributed by atoms with E-state index >= 15 is 0 Å². The molecular weight excluding hydrogens is 679 g/mol. The summed E-state index contributed by atoms with van der Waals surface area (Å²) in [6, 6.07) is 76.5. The number of fused-ring (bicyclic) bond motifs is 7. The van der Waals surface area contributed by atoms with Crippen LogP contribution in [0, 0.1) is 0 Å². The second kappa shape index (κ2) is 13.2. The average Bonchev–Trinajstić information content (AvgIpc) is 3.65. The molecule has 0 saturated heterocycles. The largest absolute Gasteiger partial charge is 0.455 e. The predicted molar refractivity (Wildman–Crippen MR) is 237 cm³/mol. The average molecular weight is 714 g/mol. The molecule has 1 aromatic heterocycles. The minimum atomic E-state index is 0.905. The summed E-state index contributed by atoms with van der Waals surface area (Å²) in [4.78, 5) is 2.35. The standard InChI is InChI=1S/C54H35NO/c1-2-11-42-34-43(17-16-36(42)8-1)37-18-26-45(27-19-37)55(47-30-22-41(23-31-47)49-15-7-12-39-9-3-5-13-48(39)49)46-28-20-38(21-29-46)44-25-33-53-52(35-44)51-32-24-40-10-4-6-14-50(40)54(51)56-53/h1-35H. The van der Waals surface area contributed by atoms with Gasteiger partial charge in [-0.2, -0.15) is 0 Å². The van der Waals surface area contributed by atoms with Crippen LogP contribution in [0.2, 0.25) is 0 Å². The molecule has 0 N–H and O–H groups in total. The molecule has 0 fully saturated rings. The Morgan fingerprint density at radius 2 is 0.786 bits per heavy atom. The van der Waals surface area contributed by atoms with Crippen molar-refractivity contribution in [2.45, 2.75) is 0 Å². The lowest BCUT2D eigenvalue weighted by Gasteiger charge is -2.26. The maximum absolute atomic E-state index is 6.41. The molecule has 0 aliphatic rings. The van der Waals surface area contributed by atoms with E-state index in [1.807, 2.05) is 0 Å². The Hall–Kier alpha value is -7.42. The summed E-state index contributed by atoms with van der Waals surface area (Å²) < 4.78 is 6.41. The Balaban J connectivity index is 0.976. The maximum Gasteiger partial charge on any atom is 0.143 e. The minimum Gasteiger partial charge on any atom is -0.455 e. The van der Waals surface area contributed by atoms with Gasteiger partial charge < -0.3 is 9.32 Å². The van der Waals surface area contributed by atoms with Crippen molar-refractivity contribution in [1.29, 1.82) is 0 Å². The second-order valence-corrected chi connectivity index (χ2v) is 14.5. The van der Waals surface area contributed by atoms with Gasteiger partial charge in [0.1, 0.15) is 11.2 Å². The van der Waals surface area contributed by atoms with Crippen molar-refractivity contribution in [3.63, 3.8) is 0 Å². The molecule has 0 unspecified atom stereocenters. The highest BCUT2D eigenvalue weighted by Gasteiger charge is 2.16. The number of furan rings is 1. The van der Waals surface area contributed by atoms with Gasteiger partial charge in [0.05, 0.1) is 0 Å². The monoisotopic (exact) mass is 713 g/mol. The summed E-state index contributed by atoms with van der Waals surface area (Å²) in [6.07, 6.45) is 0. The summed E-state index contributed by atoms with van der Waals surface area (Å²) in [7, 11) is 0. The molecule has 0 saturated carbocycles. The first-order valence-corrected chi connectivity index (χ1v) is 19.2. The lowest BCUT2D eigenvalue weighted by atomic mass is 9.98. The van der Waals surface area contributed by atoms with Crippen molar-refractivity contribution in [2.24, 2.45) is 0 Å². The lowest BCUT2D eigenvalue weighted by molar-refractivity contribution is 0.672. The first-order chi connectivity index (χ1) is 27.7. The first-order valence-electron chi connectivity index (χ1n) is 19.2. The first kappa shape index (κ1) is 32.0. The molecule has 262 valence electrons. The molecule has 2 heteroatoms. The molecule has 10 aromatic carbocycles. The van der Waals surface area contributed by atoms with Crippen LogP contribution >= 0.6 is 0 Å². The number of anilines is 3. The minimum absolute atomic E-state index is 0.905. The molecule has 0 aliphatic heterocycles. The smallest absolute Gasteiger partial charge is 0.143 e. The van der Waals surface area contributed by atoms with Gasteiger partial charge in [-0.1, -0.05) is 152 Å². The molecule has 56 heavy (non-hydrogen) atoms. The van der Waals surface area contributed by atoms with E-state index in [0.717, 1.165) is 55.5 Å². The van der Waals surface area contributed by atoms with E-state index in [1.165, 1.54) is 49.2 Å². The van der Waals surface area contributed by atoms with Crippen molar-refractivity contribution in [3.8, 4) is 33.4 Å². The lowest BCUT2D eigenvalue weighted by Crippen LogP contribution is -2.09. The number of hydrogen-bond donors (Lipinski definition) is 0. The molecule has 0 bridgehead atoms. The third-order valence-electron chi connectivity index (χ3n) is 11.3. The van der Waals surface area contributed by atoms with Gasteiger partial charge >= 0.3 is 0 Å². The van der Waals surface area contributed by atoms with Crippen molar-refractivity contribution in [3.05, 3.63) is 212 Å². The fraction of sp³-hybridized carbons (Fsp3) is 0. The molecule has 1 heterocycles. The van der Waals surface area contributed by atoms with Gasteiger partial charge in [-0.05, 0) is 121 Å². The van der Waals surface area contributed by atoms with Gasteiger partial charge in [-0.25, -0.2) is 0 Å². The highest BCUT2D eigenvalue weighted by atomic mass is 16.3. The SMILES string of the molecule is c1ccc2cc(-c3ccc(N(c4ccc(-c5ccc6oc7c8ccccc8ccc7c6c5)cc4)c4ccc(-c5cccc6ccccc56)cc4)cc3)ccc2c1. The summed E-state index contributed by atoms with van der Waals surface area (Å²) in [5.74, 6) is 0. The molecule has 0 atom stereocenters. The van der Waals surface area contributed by atoms with Gasteiger partial charge in [-0.15, -0.1) is 0 Å². The number of hydrogen-bond acceptors (Lipinski definition) is 2. The Labute approximate surface area is 325 Å². The molecular formula is C54H35NO. The van der Waals surface area contributed by atoms with Crippen LogP contribution in [0.5, 0.6) is 0 Å². The predicted octanol–water partition coefficient (Wildman–Crippen LogP) is 15.5. The fourth-order valence-electron chi connectivity index (χ4n) is 8.37. The zero-order valence-electron chi connectivity index (χ0n) is 30.6. The van der Waals surface area contributed by atoms with E-state index in [1.54, 1.807) is 0 Å². The molecule has 0 radical (unpaired) electrons. The van der Waals surface area contributed by atoms with E-state index < -0.39 is 0 Å². The van der Waals surface area contributed by atoms with Crippen LogP contribution in [0.1, 0.15) is 0 Å². The maximum atomic E-state index is 6.41. The third-order valence-corrected chi connectivity index (χ3v) is 11.3. The van der Waals surface area contributed by atoms with Crippen LogP contribution in [0.3, 0.4) is 0 Å². The number of nitrogens with zero attached hydrogens (tertiary/aromatic N) is 1. The third kappa shape index (κ3) is 5.51. The Morgan fingerprint density at radius 1 is 0.286 bits per heavy atom. The highest BCUT2D eigenvalue weighted by molar-refractivity contribution is 6.15. The van der Waals surface area contributed by atoms with E-state index in [-0.39, 0.29) is 0 Å². The highest BCUT2D eigenvalue weighted by Crippen LogP contribution is 2.40. The van der Waals surface area contributed by atoms with Crippen LogP contribution < -0.4 is 4.90 Å². The Morgan fingerprint density at radius 3 is 1.48 bits per heavy atom. The van der Waals surface area contributed by atoms with E-state index in [2.05, 4.69) is 217 Å². The van der Waals surface area contributed by atoms with Crippen LogP contribution in [0.4, 0.5) is 17.1 Å². The van der Waals surface area contributed by atoms with Crippen LogP contribution in [-0.2, 0) is 0 Å². The van der Waals surface area contributed by atoms with Crippen LogP contribution in [0.15, 0.2) is 217 Å². The Kier molecular flexibility index (Phi) is 7.53. The van der Waals surface area contributed by atoms with Gasteiger partial charge in [0, 0.05) is 33.2 Å². The van der Waals surface area contributed by atoms with E-state index in [0.29, 0.717) is 0 Å². The summed E-state index contributed by atoms with van der Waals surface area (Å²) in [6.45, 7) is 0. The van der Waals surface area contributed by atoms with E-state index in [4.69, 9.17) is 4.42 Å². The van der Waals surface area contributed by atoms with Crippen LogP contribution in [0.25, 0.3) is 87.6 Å². The second-order valence-electron chi connectivity index (χ2n) is 14.5. The van der Waals surface area contributed by atoms with Crippen molar-refractivity contribution in [1.82, 2.24) is 0 Å². The van der Waals surface area contributed by atoms with Gasteiger partial charge in [-0.3, -0.25) is 0 Å². The summed E-state index contributed by atoms with van der Waals surface area (Å²) in [5, 5.41) is 9.60. The molecule has 11 rings (SSSR count). The van der Waals surface area contributed by atoms with Crippen molar-refractivity contribution >= 4 is 71.3 Å². The summed E-state index contributed by atoms with van der Waals surface area (Å²) >= 11 is 0. The number of rotatable bonds is 6. The summed E-state index contributed by atoms with van der Waals surface area (Å²) in [5.41, 5.74) is 12.3. The molecule has 0 amide bonds. The zero-order valence-corrected chi connectivity index (χ0v) is 30.6. The molecule has 0 aliphatic carbocycles.